The summed E-state index contributed by atoms with van der Waals surface area (Å²) in [6, 6.07) is 4.77. The van der Waals surface area contributed by atoms with Crippen LogP contribution in [0.25, 0.3) is 0 Å². The minimum Gasteiger partial charge on any atom is -0.457 e. The van der Waals surface area contributed by atoms with Crippen LogP contribution in [0.3, 0.4) is 0 Å². The van der Waals surface area contributed by atoms with E-state index in [0.29, 0.717) is 15.9 Å². The Morgan fingerprint density at radius 1 is 1.29 bits per heavy atom. The van der Waals surface area contributed by atoms with Crippen LogP contribution < -0.4 is 10.9 Å². The molecule has 2 aromatic rings. The second-order valence-corrected chi connectivity index (χ2v) is 3.91. The maximum absolute atomic E-state index is 11.5. The fraction of sp³-hybridized carbons (Fsp3) is 0. The first-order valence-electron chi connectivity index (χ1n) is 4.65. The summed E-state index contributed by atoms with van der Waals surface area (Å²) in [7, 11) is 0. The van der Waals surface area contributed by atoms with Gasteiger partial charge in [0.1, 0.15) is 12.0 Å². The largest absolute Gasteiger partial charge is 0.457 e. The topological polar surface area (TPSA) is 87.1 Å². The van der Waals surface area contributed by atoms with Gasteiger partial charge in [0.05, 0.1) is 5.56 Å². The molecule has 2 amide bonds. The molecule has 0 aliphatic carbocycles. The second kappa shape index (κ2) is 4.88. The SMILES string of the molecule is O=C(NNC(=O)c1ccc[nH]1)c1coc(Br)c1. The predicted molar refractivity (Wildman–Crippen MR) is 62.1 cm³/mol. The number of hydrazine groups is 1. The molecule has 0 aromatic carbocycles. The van der Waals surface area contributed by atoms with Gasteiger partial charge in [-0.05, 0) is 28.1 Å². The van der Waals surface area contributed by atoms with Gasteiger partial charge in [-0.15, -0.1) is 0 Å². The van der Waals surface area contributed by atoms with Gasteiger partial charge in [-0.25, -0.2) is 0 Å². The summed E-state index contributed by atoms with van der Waals surface area (Å²) >= 11 is 3.07. The second-order valence-electron chi connectivity index (χ2n) is 3.13. The molecule has 0 spiro atoms. The number of furan rings is 1. The number of nitrogens with one attached hydrogen (secondary N) is 3. The highest BCUT2D eigenvalue weighted by molar-refractivity contribution is 9.10. The molecule has 0 bridgehead atoms. The van der Waals surface area contributed by atoms with Gasteiger partial charge in [0.15, 0.2) is 4.67 Å². The van der Waals surface area contributed by atoms with Gasteiger partial charge in [0.2, 0.25) is 0 Å². The Kier molecular flexibility index (Phi) is 3.29. The van der Waals surface area contributed by atoms with Gasteiger partial charge >= 0.3 is 0 Å². The molecular formula is C10H8BrN3O3. The van der Waals surface area contributed by atoms with Crippen LogP contribution in [-0.4, -0.2) is 16.8 Å². The Balaban J connectivity index is 1.91. The van der Waals surface area contributed by atoms with E-state index in [-0.39, 0.29) is 0 Å². The third-order valence-corrected chi connectivity index (χ3v) is 2.38. The van der Waals surface area contributed by atoms with Crippen molar-refractivity contribution in [1.29, 1.82) is 0 Å². The van der Waals surface area contributed by atoms with Crippen LogP contribution in [0.2, 0.25) is 0 Å². The molecule has 2 rings (SSSR count). The Bertz CT molecular complexity index is 533. The van der Waals surface area contributed by atoms with Gasteiger partial charge in [-0.1, -0.05) is 0 Å². The van der Waals surface area contributed by atoms with Crippen molar-refractivity contribution in [3.63, 3.8) is 0 Å². The minimum absolute atomic E-state index is 0.309. The number of aromatic amines is 1. The number of halogens is 1. The van der Waals surface area contributed by atoms with Crippen molar-refractivity contribution < 1.29 is 14.0 Å². The first-order chi connectivity index (χ1) is 8.16. The third kappa shape index (κ3) is 2.76. The van der Waals surface area contributed by atoms with Crippen LogP contribution >= 0.6 is 15.9 Å². The fourth-order valence-electron chi connectivity index (χ4n) is 1.15. The lowest BCUT2D eigenvalue weighted by Gasteiger charge is -2.04. The number of carbonyl (C=O) groups excluding carboxylic acids is 2. The van der Waals surface area contributed by atoms with E-state index in [1.54, 1.807) is 18.3 Å². The predicted octanol–water partition coefficient (Wildman–Crippen LogP) is 1.44. The minimum atomic E-state index is -0.459. The van der Waals surface area contributed by atoms with Gasteiger partial charge in [0.25, 0.3) is 11.8 Å². The molecule has 0 unspecified atom stereocenters. The van der Waals surface area contributed by atoms with Gasteiger partial charge in [0, 0.05) is 12.3 Å². The number of rotatable bonds is 2. The van der Waals surface area contributed by atoms with Crippen LogP contribution in [0.4, 0.5) is 0 Å². The molecule has 0 saturated heterocycles. The van der Waals surface area contributed by atoms with E-state index in [2.05, 4.69) is 31.8 Å². The van der Waals surface area contributed by atoms with Crippen LogP contribution in [0.1, 0.15) is 20.8 Å². The highest BCUT2D eigenvalue weighted by Gasteiger charge is 2.11. The molecule has 0 radical (unpaired) electrons. The number of hydrogen-bond donors (Lipinski definition) is 3. The van der Waals surface area contributed by atoms with Crippen LogP contribution in [0, 0.1) is 0 Å². The highest BCUT2D eigenvalue weighted by atomic mass is 79.9. The molecule has 0 aliphatic heterocycles. The lowest BCUT2D eigenvalue weighted by molar-refractivity contribution is 0.0844. The Hall–Kier alpha value is -2.02. The van der Waals surface area contributed by atoms with Gasteiger partial charge < -0.3 is 9.40 Å². The number of amides is 2. The van der Waals surface area contributed by atoms with Crippen molar-refractivity contribution in [2.24, 2.45) is 0 Å². The van der Waals surface area contributed by atoms with Crippen molar-refractivity contribution in [2.45, 2.75) is 0 Å². The molecule has 7 heteroatoms. The van der Waals surface area contributed by atoms with E-state index in [9.17, 15) is 9.59 Å². The standard InChI is InChI=1S/C10H8BrN3O3/c11-8-4-6(5-17-8)9(15)13-14-10(16)7-2-1-3-12-7/h1-5,12H,(H,13,15)(H,14,16). The smallest absolute Gasteiger partial charge is 0.286 e. The van der Waals surface area contributed by atoms with E-state index in [4.69, 9.17) is 4.42 Å². The molecule has 6 nitrogen and oxygen atoms in total. The first kappa shape index (κ1) is 11.5. The maximum Gasteiger partial charge on any atom is 0.286 e. The first-order valence-corrected chi connectivity index (χ1v) is 5.44. The van der Waals surface area contributed by atoms with Gasteiger partial charge in [-0.2, -0.15) is 0 Å². The van der Waals surface area contributed by atoms with E-state index in [1.165, 1.54) is 12.3 Å². The molecule has 3 N–H and O–H groups in total. The third-order valence-electron chi connectivity index (χ3n) is 1.96. The van der Waals surface area contributed by atoms with Gasteiger partial charge in [-0.3, -0.25) is 20.4 Å². The maximum atomic E-state index is 11.5. The van der Waals surface area contributed by atoms with E-state index in [0.717, 1.165) is 0 Å². The molecule has 88 valence electrons. The van der Waals surface area contributed by atoms with Crippen molar-refractivity contribution in [3.8, 4) is 0 Å². The van der Waals surface area contributed by atoms with Crippen molar-refractivity contribution in [2.75, 3.05) is 0 Å². The average molecular weight is 298 g/mol. The summed E-state index contributed by atoms with van der Waals surface area (Å²) in [4.78, 5) is 25.7. The van der Waals surface area contributed by atoms with Crippen LogP contribution in [-0.2, 0) is 0 Å². The number of hydrogen-bond acceptors (Lipinski definition) is 3. The molecule has 0 aliphatic rings. The Morgan fingerprint density at radius 2 is 2.06 bits per heavy atom. The zero-order chi connectivity index (χ0) is 12.3. The number of carbonyl (C=O) groups is 2. The zero-order valence-corrected chi connectivity index (χ0v) is 10.1. The Labute approximate surface area is 104 Å². The van der Waals surface area contributed by atoms with E-state index >= 15 is 0 Å². The average Bonchev–Trinajstić information content (AvgIpc) is 2.95. The Morgan fingerprint density at radius 3 is 2.65 bits per heavy atom. The molecule has 0 saturated carbocycles. The lowest BCUT2D eigenvalue weighted by Crippen LogP contribution is -2.41. The molecule has 0 atom stereocenters. The summed E-state index contributed by atoms with van der Waals surface area (Å²) in [5.41, 5.74) is 5.20. The van der Waals surface area contributed by atoms with Crippen LogP contribution in [0.15, 0.2) is 39.7 Å². The number of H-pyrrole nitrogens is 1. The molecular weight excluding hydrogens is 290 g/mol. The highest BCUT2D eigenvalue weighted by Crippen LogP contribution is 2.13. The van der Waals surface area contributed by atoms with Crippen molar-refractivity contribution >= 4 is 27.7 Å². The van der Waals surface area contributed by atoms with E-state index in [1.807, 2.05) is 0 Å². The number of aromatic nitrogens is 1. The molecule has 0 fully saturated rings. The lowest BCUT2D eigenvalue weighted by atomic mass is 10.3. The summed E-state index contributed by atoms with van der Waals surface area (Å²) in [5.74, 6) is -0.884. The normalized spacial score (nSPS) is 9.94. The summed E-state index contributed by atoms with van der Waals surface area (Å²) < 4.78 is 5.34. The summed E-state index contributed by atoms with van der Waals surface area (Å²) in [5, 5.41) is 0. The van der Waals surface area contributed by atoms with E-state index < -0.39 is 11.8 Å². The van der Waals surface area contributed by atoms with Crippen molar-refractivity contribution in [3.05, 3.63) is 46.6 Å². The fourth-order valence-corrected chi connectivity index (χ4v) is 1.49. The summed E-state index contributed by atoms with van der Waals surface area (Å²) in [6.45, 7) is 0. The molecule has 17 heavy (non-hydrogen) atoms. The van der Waals surface area contributed by atoms with Crippen molar-refractivity contribution in [1.82, 2.24) is 15.8 Å². The zero-order valence-electron chi connectivity index (χ0n) is 8.49. The quantitative estimate of drug-likeness (QED) is 0.733. The summed E-state index contributed by atoms with van der Waals surface area (Å²) in [6.07, 6.45) is 2.89. The molecule has 2 aromatic heterocycles. The van der Waals surface area contributed by atoms with Crippen LogP contribution in [0.5, 0.6) is 0 Å². The monoisotopic (exact) mass is 297 g/mol. The molecule has 2 heterocycles.